The number of nitrogens with one attached hydrogen (secondary N) is 1. The molecule has 0 radical (unpaired) electrons. The van der Waals surface area contributed by atoms with Crippen molar-refractivity contribution in [1.82, 2.24) is 0 Å². The molecule has 0 unspecified atom stereocenters. The number of amides is 1. The van der Waals surface area contributed by atoms with Crippen molar-refractivity contribution in [2.24, 2.45) is 5.14 Å². The molecule has 0 bridgehead atoms. The average molecular weight is 387 g/mol. The fourth-order valence-corrected chi connectivity index (χ4v) is 3.27. The van der Waals surface area contributed by atoms with Crippen molar-refractivity contribution in [3.8, 4) is 0 Å². The van der Waals surface area contributed by atoms with Gasteiger partial charge in [-0.25, -0.2) is 13.6 Å². The van der Waals surface area contributed by atoms with Crippen LogP contribution in [0.25, 0.3) is 0 Å². The summed E-state index contributed by atoms with van der Waals surface area (Å²) in [6.45, 7) is 0. The van der Waals surface area contributed by atoms with Crippen molar-refractivity contribution in [3.05, 3.63) is 63.6 Å². The Kier molecular flexibility index (Phi) is 6.23. The van der Waals surface area contributed by atoms with Gasteiger partial charge < -0.3 is 5.32 Å². The smallest absolute Gasteiger partial charge is 0.224 e. The van der Waals surface area contributed by atoms with Gasteiger partial charge >= 0.3 is 0 Å². The normalized spacial score (nSPS) is 11.3. The molecule has 3 N–H and O–H groups in total. The second-order valence-electron chi connectivity index (χ2n) is 5.29. The van der Waals surface area contributed by atoms with Gasteiger partial charge in [0.15, 0.2) is 0 Å². The summed E-state index contributed by atoms with van der Waals surface area (Å²) in [7, 11) is -3.57. The van der Waals surface area contributed by atoms with Crippen molar-refractivity contribution in [2.75, 3.05) is 5.32 Å². The summed E-state index contributed by atoms with van der Waals surface area (Å²) >= 11 is 11.9. The number of sulfonamides is 1. The van der Waals surface area contributed by atoms with Gasteiger partial charge in [0, 0.05) is 22.2 Å². The van der Waals surface area contributed by atoms with E-state index in [4.69, 9.17) is 28.3 Å². The molecule has 0 aliphatic carbocycles. The maximum absolute atomic E-state index is 12.0. The van der Waals surface area contributed by atoms with Crippen LogP contribution in [0.1, 0.15) is 17.5 Å². The summed E-state index contributed by atoms with van der Waals surface area (Å²) in [5.74, 6) is -0.406. The Bertz CT molecular complexity index is 837. The molecular weight excluding hydrogens is 371 g/mol. The summed E-state index contributed by atoms with van der Waals surface area (Å²) in [4.78, 5) is 12.0. The van der Waals surface area contributed by atoms with Crippen LogP contribution in [-0.2, 0) is 27.0 Å². The van der Waals surface area contributed by atoms with E-state index in [1.54, 1.807) is 42.5 Å². The molecule has 2 aromatic carbocycles. The fourth-order valence-electron chi connectivity index (χ4n) is 2.11. The standard InChI is InChI=1S/C16H16Cl2N2O3S/c17-13-5-3-12(15(18)9-13)4-8-16(21)20-14-6-1-11(2-7-14)10-24(19,22)23/h1-3,5-7,9H,4,8,10H2,(H,20,21)(H2,19,22,23). The van der Waals surface area contributed by atoms with E-state index in [9.17, 15) is 13.2 Å². The Labute approximate surface area is 150 Å². The van der Waals surface area contributed by atoms with Gasteiger partial charge in [0.1, 0.15) is 0 Å². The van der Waals surface area contributed by atoms with Crippen molar-refractivity contribution in [2.45, 2.75) is 18.6 Å². The summed E-state index contributed by atoms with van der Waals surface area (Å²) < 4.78 is 22.0. The first-order valence-corrected chi connectivity index (χ1v) is 9.53. The van der Waals surface area contributed by atoms with Gasteiger partial charge in [-0.05, 0) is 41.8 Å². The molecule has 2 rings (SSSR count). The van der Waals surface area contributed by atoms with Crippen LogP contribution in [0.2, 0.25) is 10.0 Å². The van der Waals surface area contributed by atoms with Crippen LogP contribution in [0, 0.1) is 0 Å². The van der Waals surface area contributed by atoms with Gasteiger partial charge in [0.25, 0.3) is 0 Å². The van der Waals surface area contributed by atoms with Crippen molar-refractivity contribution >= 4 is 44.8 Å². The van der Waals surface area contributed by atoms with E-state index in [1.807, 2.05) is 0 Å². The number of anilines is 1. The minimum absolute atomic E-state index is 0.166. The third kappa shape index (κ3) is 6.13. The lowest BCUT2D eigenvalue weighted by Gasteiger charge is -2.07. The number of carbonyl (C=O) groups excluding carboxylic acids is 1. The Hall–Kier alpha value is -1.60. The maximum atomic E-state index is 12.0. The molecule has 5 nitrogen and oxygen atoms in total. The number of hydrogen-bond donors (Lipinski definition) is 2. The summed E-state index contributed by atoms with van der Waals surface area (Å²) in [5, 5.41) is 8.81. The van der Waals surface area contributed by atoms with E-state index in [0.29, 0.717) is 27.7 Å². The van der Waals surface area contributed by atoms with Crippen LogP contribution in [0.5, 0.6) is 0 Å². The van der Waals surface area contributed by atoms with Gasteiger partial charge in [-0.2, -0.15) is 0 Å². The predicted molar refractivity (Wildman–Crippen MR) is 96.7 cm³/mol. The monoisotopic (exact) mass is 386 g/mol. The van der Waals surface area contributed by atoms with Crippen LogP contribution in [0.15, 0.2) is 42.5 Å². The van der Waals surface area contributed by atoms with Crippen LogP contribution in [0.3, 0.4) is 0 Å². The molecule has 0 aliphatic rings. The van der Waals surface area contributed by atoms with Crippen LogP contribution < -0.4 is 10.5 Å². The van der Waals surface area contributed by atoms with Gasteiger partial charge in [-0.3, -0.25) is 4.79 Å². The van der Waals surface area contributed by atoms with E-state index in [2.05, 4.69) is 5.32 Å². The number of aryl methyl sites for hydroxylation is 1. The van der Waals surface area contributed by atoms with E-state index in [-0.39, 0.29) is 18.1 Å². The van der Waals surface area contributed by atoms with Crippen LogP contribution in [0.4, 0.5) is 5.69 Å². The molecule has 128 valence electrons. The predicted octanol–water partition coefficient (Wildman–Crippen LogP) is 3.35. The lowest BCUT2D eigenvalue weighted by molar-refractivity contribution is -0.116. The van der Waals surface area contributed by atoms with Crippen LogP contribution >= 0.6 is 23.2 Å². The summed E-state index contributed by atoms with van der Waals surface area (Å²) in [6, 6.07) is 11.6. The van der Waals surface area contributed by atoms with Gasteiger partial charge in [0.2, 0.25) is 15.9 Å². The molecule has 0 aliphatic heterocycles. The van der Waals surface area contributed by atoms with Gasteiger partial charge in [-0.1, -0.05) is 41.4 Å². The minimum Gasteiger partial charge on any atom is -0.326 e. The Morgan fingerprint density at radius 1 is 1.08 bits per heavy atom. The molecule has 0 atom stereocenters. The Balaban J connectivity index is 1.90. The average Bonchev–Trinajstić information content (AvgIpc) is 2.47. The SMILES string of the molecule is NS(=O)(=O)Cc1ccc(NC(=O)CCc2ccc(Cl)cc2Cl)cc1. The highest BCUT2D eigenvalue weighted by Crippen LogP contribution is 2.22. The molecule has 0 heterocycles. The molecule has 1 amide bonds. The molecule has 2 aromatic rings. The number of primary sulfonamides is 1. The third-order valence-electron chi connectivity index (χ3n) is 3.24. The largest absolute Gasteiger partial charge is 0.326 e. The van der Waals surface area contributed by atoms with E-state index >= 15 is 0 Å². The fraction of sp³-hybridized carbons (Fsp3) is 0.188. The summed E-state index contributed by atoms with van der Waals surface area (Å²) in [5.41, 5.74) is 1.99. The first-order chi connectivity index (χ1) is 11.2. The lowest BCUT2D eigenvalue weighted by Crippen LogP contribution is -2.15. The third-order valence-corrected chi connectivity index (χ3v) is 4.56. The topological polar surface area (TPSA) is 89.3 Å². The zero-order valence-electron chi connectivity index (χ0n) is 12.6. The van der Waals surface area contributed by atoms with Crippen molar-refractivity contribution in [3.63, 3.8) is 0 Å². The molecule has 24 heavy (non-hydrogen) atoms. The van der Waals surface area contributed by atoms with E-state index in [1.165, 1.54) is 0 Å². The molecule has 0 spiro atoms. The number of carbonyl (C=O) groups is 1. The second-order valence-corrected chi connectivity index (χ2v) is 7.75. The molecule has 8 heteroatoms. The molecule has 0 fully saturated rings. The molecular formula is C16H16Cl2N2O3S. The molecule has 0 saturated carbocycles. The van der Waals surface area contributed by atoms with Crippen LogP contribution in [-0.4, -0.2) is 14.3 Å². The van der Waals surface area contributed by atoms with Gasteiger partial charge in [0.05, 0.1) is 5.75 Å². The summed E-state index contributed by atoms with van der Waals surface area (Å²) in [6.07, 6.45) is 0.756. The van der Waals surface area contributed by atoms with E-state index < -0.39 is 10.0 Å². The number of halogens is 2. The highest BCUT2D eigenvalue weighted by Gasteiger charge is 2.08. The lowest BCUT2D eigenvalue weighted by atomic mass is 10.1. The number of rotatable bonds is 6. The zero-order chi connectivity index (χ0) is 17.7. The first kappa shape index (κ1) is 18.7. The van der Waals surface area contributed by atoms with E-state index in [0.717, 1.165) is 5.56 Å². The molecule has 0 aromatic heterocycles. The van der Waals surface area contributed by atoms with Crippen molar-refractivity contribution < 1.29 is 13.2 Å². The highest BCUT2D eigenvalue weighted by atomic mass is 35.5. The van der Waals surface area contributed by atoms with Gasteiger partial charge in [-0.15, -0.1) is 0 Å². The maximum Gasteiger partial charge on any atom is 0.224 e. The first-order valence-electron chi connectivity index (χ1n) is 7.06. The Morgan fingerprint density at radius 3 is 2.33 bits per heavy atom. The van der Waals surface area contributed by atoms with Crippen molar-refractivity contribution in [1.29, 1.82) is 0 Å². The number of hydrogen-bond acceptors (Lipinski definition) is 3. The Morgan fingerprint density at radius 2 is 1.75 bits per heavy atom. The minimum atomic E-state index is -3.57. The number of benzene rings is 2. The zero-order valence-corrected chi connectivity index (χ0v) is 15.0. The second kappa shape index (κ2) is 7.98. The number of nitrogens with two attached hydrogens (primary N) is 1. The molecule has 0 saturated heterocycles. The quantitative estimate of drug-likeness (QED) is 0.797. The highest BCUT2D eigenvalue weighted by molar-refractivity contribution is 7.88.